The smallest absolute Gasteiger partial charge is 0.182 e. The van der Waals surface area contributed by atoms with Crippen LogP contribution >= 0.6 is 0 Å². The molecule has 11 rings (SSSR count). The van der Waals surface area contributed by atoms with E-state index in [0.29, 0.717) is 23.2 Å². The number of nitrogens with zero attached hydrogens (tertiary/aromatic N) is 6. The van der Waals surface area contributed by atoms with Crippen molar-refractivity contribution in [2.75, 3.05) is 0 Å². The summed E-state index contributed by atoms with van der Waals surface area (Å²) >= 11 is 0. The molecule has 0 aliphatic rings. The van der Waals surface area contributed by atoms with Gasteiger partial charge in [0.05, 0.1) is 34.0 Å². The quantitative estimate of drug-likeness (QED) is 0.172. The molecule has 0 saturated carbocycles. The molecule has 11 aromatic rings. The number of pyridine rings is 1. The van der Waals surface area contributed by atoms with Gasteiger partial charge in [0.1, 0.15) is 5.69 Å². The van der Waals surface area contributed by atoms with E-state index in [1.54, 1.807) is 0 Å². The third-order valence-corrected chi connectivity index (χ3v) is 10.6. The summed E-state index contributed by atoms with van der Waals surface area (Å²) in [5, 5.41) is 4.84. The van der Waals surface area contributed by atoms with Gasteiger partial charge in [0.15, 0.2) is 17.5 Å². The molecule has 0 aliphatic heterocycles. The standard InChI is InChI=1S/C50H32N6/c1-4-14-33(15-5-1)34-24-26-36(27-25-34)49-52-48(35-16-6-2-7-17-35)53-50(54-49)43-29-28-38(32-51-43)56-45-23-13-11-21-40(45)42-30-41-39-20-10-12-22-44(39)55(46(41)31-47(42)56)37-18-8-3-9-19-37/h1-32H. The highest BCUT2D eigenvalue weighted by molar-refractivity contribution is 6.19. The second-order valence-electron chi connectivity index (χ2n) is 13.9. The molecule has 0 fully saturated rings. The van der Waals surface area contributed by atoms with Crippen LogP contribution < -0.4 is 0 Å². The lowest BCUT2D eigenvalue weighted by molar-refractivity contribution is 1.05. The Morgan fingerprint density at radius 3 is 1.36 bits per heavy atom. The molecular weight excluding hydrogens is 685 g/mol. The average Bonchev–Trinajstić information content (AvgIpc) is 3.78. The van der Waals surface area contributed by atoms with Crippen molar-refractivity contribution in [2.45, 2.75) is 0 Å². The predicted molar refractivity (Wildman–Crippen MR) is 228 cm³/mol. The van der Waals surface area contributed by atoms with Gasteiger partial charge in [-0.15, -0.1) is 0 Å². The van der Waals surface area contributed by atoms with E-state index in [4.69, 9.17) is 19.9 Å². The van der Waals surface area contributed by atoms with E-state index in [-0.39, 0.29) is 0 Å². The molecule has 7 aromatic carbocycles. The zero-order valence-electron chi connectivity index (χ0n) is 30.2. The normalized spacial score (nSPS) is 11.6. The van der Waals surface area contributed by atoms with Crippen molar-refractivity contribution >= 4 is 43.6 Å². The highest BCUT2D eigenvalue weighted by Gasteiger charge is 2.19. The van der Waals surface area contributed by atoms with E-state index >= 15 is 0 Å². The number of benzene rings is 7. The van der Waals surface area contributed by atoms with Gasteiger partial charge in [0, 0.05) is 38.4 Å². The van der Waals surface area contributed by atoms with Crippen molar-refractivity contribution in [2.24, 2.45) is 0 Å². The molecule has 4 aromatic heterocycles. The van der Waals surface area contributed by atoms with Crippen molar-refractivity contribution in [1.29, 1.82) is 0 Å². The summed E-state index contributed by atoms with van der Waals surface area (Å²) in [5.74, 6) is 1.72. The Hall–Kier alpha value is -7.70. The van der Waals surface area contributed by atoms with Gasteiger partial charge < -0.3 is 9.13 Å². The van der Waals surface area contributed by atoms with Crippen LogP contribution in [0.2, 0.25) is 0 Å². The average molecular weight is 717 g/mol. The molecule has 0 N–H and O–H groups in total. The number of aromatic nitrogens is 6. The number of rotatable bonds is 6. The molecule has 262 valence electrons. The summed E-state index contributed by atoms with van der Waals surface area (Å²) in [6.45, 7) is 0. The van der Waals surface area contributed by atoms with Gasteiger partial charge in [-0.1, -0.05) is 140 Å². The maximum Gasteiger partial charge on any atom is 0.182 e. The van der Waals surface area contributed by atoms with Gasteiger partial charge in [-0.05, 0) is 59.7 Å². The van der Waals surface area contributed by atoms with Crippen LogP contribution in [0.25, 0.3) is 100 Å². The Labute approximate surface area is 322 Å². The molecular formula is C50H32N6. The number of hydrogen-bond donors (Lipinski definition) is 0. The Morgan fingerprint density at radius 2 is 0.768 bits per heavy atom. The molecule has 0 aliphatic carbocycles. The minimum atomic E-state index is 0.517. The maximum atomic E-state index is 5.03. The predicted octanol–water partition coefficient (Wildman–Crippen LogP) is 12.1. The SMILES string of the molecule is c1ccc(-c2ccc(-c3nc(-c4ccccc4)nc(-c4ccc(-n5c6ccccc6c6cc7c8ccccc8n(-c8ccccc8)c7cc65)cn4)n3)cc2)cc1. The van der Waals surface area contributed by atoms with Crippen molar-refractivity contribution in [3.63, 3.8) is 0 Å². The molecule has 6 heteroatoms. The van der Waals surface area contributed by atoms with Crippen LogP contribution in [0, 0.1) is 0 Å². The second kappa shape index (κ2) is 13.0. The number of fused-ring (bicyclic) bond motifs is 6. The first kappa shape index (κ1) is 31.8. The molecule has 0 atom stereocenters. The molecule has 6 nitrogen and oxygen atoms in total. The van der Waals surface area contributed by atoms with Gasteiger partial charge in [-0.3, -0.25) is 4.98 Å². The van der Waals surface area contributed by atoms with Crippen molar-refractivity contribution in [1.82, 2.24) is 29.1 Å². The van der Waals surface area contributed by atoms with E-state index < -0.39 is 0 Å². The van der Waals surface area contributed by atoms with Crippen LogP contribution in [-0.4, -0.2) is 29.1 Å². The van der Waals surface area contributed by atoms with Gasteiger partial charge in [-0.25, -0.2) is 15.0 Å². The molecule has 0 spiro atoms. The van der Waals surface area contributed by atoms with E-state index in [1.165, 1.54) is 27.1 Å². The largest absolute Gasteiger partial charge is 0.309 e. The topological polar surface area (TPSA) is 61.4 Å². The van der Waals surface area contributed by atoms with Gasteiger partial charge in [-0.2, -0.15) is 0 Å². The Balaban J connectivity index is 1.06. The van der Waals surface area contributed by atoms with Crippen LogP contribution in [0.4, 0.5) is 0 Å². The molecule has 0 amide bonds. The Morgan fingerprint density at radius 1 is 0.304 bits per heavy atom. The van der Waals surface area contributed by atoms with Gasteiger partial charge in [0.2, 0.25) is 0 Å². The molecule has 0 radical (unpaired) electrons. The molecule has 0 saturated heterocycles. The first-order chi connectivity index (χ1) is 27.8. The minimum Gasteiger partial charge on any atom is -0.309 e. The number of para-hydroxylation sites is 3. The first-order valence-electron chi connectivity index (χ1n) is 18.7. The summed E-state index contributed by atoms with van der Waals surface area (Å²) in [6.07, 6.45) is 1.93. The third-order valence-electron chi connectivity index (χ3n) is 10.6. The van der Waals surface area contributed by atoms with Crippen molar-refractivity contribution in [3.05, 3.63) is 194 Å². The van der Waals surface area contributed by atoms with Crippen LogP contribution in [0.15, 0.2) is 194 Å². The zero-order valence-corrected chi connectivity index (χ0v) is 30.2. The zero-order chi connectivity index (χ0) is 37.0. The molecule has 0 bridgehead atoms. The molecule has 4 heterocycles. The maximum absolute atomic E-state index is 5.03. The Kier molecular flexibility index (Phi) is 7.38. The van der Waals surface area contributed by atoms with E-state index in [9.17, 15) is 0 Å². The monoisotopic (exact) mass is 716 g/mol. The first-order valence-corrected chi connectivity index (χ1v) is 18.7. The van der Waals surface area contributed by atoms with E-state index in [1.807, 2.05) is 48.7 Å². The lowest BCUT2D eigenvalue weighted by Crippen LogP contribution is -2.02. The van der Waals surface area contributed by atoms with Gasteiger partial charge >= 0.3 is 0 Å². The van der Waals surface area contributed by atoms with Gasteiger partial charge in [0.25, 0.3) is 0 Å². The highest BCUT2D eigenvalue weighted by Crippen LogP contribution is 2.39. The third kappa shape index (κ3) is 5.27. The van der Waals surface area contributed by atoms with Crippen LogP contribution in [0.3, 0.4) is 0 Å². The van der Waals surface area contributed by atoms with Crippen LogP contribution in [0.5, 0.6) is 0 Å². The number of hydrogen-bond acceptors (Lipinski definition) is 4. The molecule has 0 unspecified atom stereocenters. The fraction of sp³-hybridized carbons (Fsp3) is 0. The van der Waals surface area contributed by atoms with Crippen LogP contribution in [-0.2, 0) is 0 Å². The summed E-state index contributed by atoms with van der Waals surface area (Å²) < 4.78 is 4.68. The second-order valence-corrected chi connectivity index (χ2v) is 13.9. The van der Waals surface area contributed by atoms with Crippen molar-refractivity contribution in [3.8, 4) is 56.8 Å². The summed E-state index contributed by atoms with van der Waals surface area (Å²) in [4.78, 5) is 19.9. The van der Waals surface area contributed by atoms with E-state index in [2.05, 4.69) is 155 Å². The van der Waals surface area contributed by atoms with Crippen molar-refractivity contribution < 1.29 is 0 Å². The highest BCUT2D eigenvalue weighted by atomic mass is 15.1. The summed E-state index contributed by atoms with van der Waals surface area (Å²) in [5.41, 5.74) is 11.4. The van der Waals surface area contributed by atoms with Crippen LogP contribution in [0.1, 0.15) is 0 Å². The minimum absolute atomic E-state index is 0.517. The Bertz CT molecular complexity index is 3200. The summed E-state index contributed by atoms with van der Waals surface area (Å²) in [7, 11) is 0. The summed E-state index contributed by atoms with van der Waals surface area (Å²) in [6, 6.07) is 65.5. The lowest BCUT2D eigenvalue weighted by atomic mass is 10.0. The van der Waals surface area contributed by atoms with E-state index in [0.717, 1.165) is 50.2 Å². The fourth-order valence-electron chi connectivity index (χ4n) is 7.99. The fourth-order valence-corrected chi connectivity index (χ4v) is 7.99. The molecule has 56 heavy (non-hydrogen) atoms. The lowest BCUT2D eigenvalue weighted by Gasteiger charge is -2.11.